The van der Waals surface area contributed by atoms with Gasteiger partial charge in [-0.25, -0.2) is 0 Å². The molecule has 138 valence electrons. The van der Waals surface area contributed by atoms with E-state index in [4.69, 9.17) is 4.74 Å². The van der Waals surface area contributed by atoms with Gasteiger partial charge in [-0.3, -0.25) is 4.79 Å². The number of hydrogen-bond donors (Lipinski definition) is 2. The second-order valence-corrected chi connectivity index (χ2v) is 6.29. The van der Waals surface area contributed by atoms with Crippen molar-refractivity contribution >= 4 is 17.4 Å². The van der Waals surface area contributed by atoms with Crippen molar-refractivity contribution < 1.29 is 9.53 Å². The van der Waals surface area contributed by atoms with Crippen LogP contribution in [0.2, 0.25) is 0 Å². The fourth-order valence-corrected chi connectivity index (χ4v) is 2.43. The molecule has 0 bridgehead atoms. The lowest BCUT2D eigenvalue weighted by atomic mass is 10.2. The number of amides is 1. The number of carbonyl (C=O) groups excluding carboxylic acids is 1. The Kier molecular flexibility index (Phi) is 5.99. The molecule has 6 nitrogen and oxygen atoms in total. The van der Waals surface area contributed by atoms with Crippen LogP contribution in [0.15, 0.2) is 66.7 Å². The topological polar surface area (TPSA) is 76.1 Å². The molecule has 6 heteroatoms. The summed E-state index contributed by atoms with van der Waals surface area (Å²) >= 11 is 0. The molecule has 2 N–H and O–H groups in total. The van der Waals surface area contributed by atoms with E-state index < -0.39 is 0 Å². The Labute approximate surface area is 158 Å². The van der Waals surface area contributed by atoms with Gasteiger partial charge in [0.25, 0.3) is 5.91 Å². The highest BCUT2D eigenvalue weighted by molar-refractivity contribution is 5.92. The van der Waals surface area contributed by atoms with Gasteiger partial charge in [0.05, 0.1) is 6.10 Å². The predicted octanol–water partition coefficient (Wildman–Crippen LogP) is 3.94. The molecule has 0 aliphatic rings. The van der Waals surface area contributed by atoms with Crippen LogP contribution in [0.4, 0.5) is 11.5 Å². The number of nitrogens with one attached hydrogen (secondary N) is 2. The molecular weight excluding hydrogens is 340 g/mol. The van der Waals surface area contributed by atoms with Crippen LogP contribution in [0.25, 0.3) is 0 Å². The van der Waals surface area contributed by atoms with Gasteiger partial charge in [0.1, 0.15) is 5.75 Å². The van der Waals surface area contributed by atoms with E-state index in [0.29, 0.717) is 12.4 Å². The molecule has 0 spiro atoms. The lowest BCUT2D eigenvalue weighted by Crippen LogP contribution is -2.24. The Morgan fingerprint density at radius 1 is 0.963 bits per heavy atom. The largest absolute Gasteiger partial charge is 0.491 e. The second kappa shape index (κ2) is 8.80. The molecule has 27 heavy (non-hydrogen) atoms. The quantitative estimate of drug-likeness (QED) is 0.666. The third-order valence-electron chi connectivity index (χ3n) is 3.69. The molecule has 0 saturated carbocycles. The average Bonchev–Trinajstić information content (AvgIpc) is 2.69. The first-order valence-corrected chi connectivity index (χ1v) is 8.80. The Balaban J connectivity index is 1.55. The van der Waals surface area contributed by atoms with Gasteiger partial charge < -0.3 is 15.4 Å². The van der Waals surface area contributed by atoms with E-state index in [9.17, 15) is 4.79 Å². The van der Waals surface area contributed by atoms with Gasteiger partial charge in [0.15, 0.2) is 11.5 Å². The van der Waals surface area contributed by atoms with Crippen LogP contribution in [0, 0.1) is 0 Å². The summed E-state index contributed by atoms with van der Waals surface area (Å²) in [6.07, 6.45) is 0.134. The fraction of sp³-hybridized carbons (Fsp3) is 0.190. The molecule has 1 heterocycles. The summed E-state index contributed by atoms with van der Waals surface area (Å²) in [5.41, 5.74) is 2.17. The Morgan fingerprint density at radius 3 is 2.33 bits per heavy atom. The number of benzene rings is 2. The zero-order valence-electron chi connectivity index (χ0n) is 15.3. The second-order valence-electron chi connectivity index (χ2n) is 6.29. The molecule has 0 radical (unpaired) electrons. The molecule has 0 fully saturated rings. The first-order valence-electron chi connectivity index (χ1n) is 8.80. The minimum atomic E-state index is -0.256. The van der Waals surface area contributed by atoms with Crippen molar-refractivity contribution in [2.75, 3.05) is 5.32 Å². The summed E-state index contributed by atoms with van der Waals surface area (Å²) in [6.45, 7) is 4.42. The van der Waals surface area contributed by atoms with Gasteiger partial charge in [-0.15, -0.1) is 10.2 Å². The van der Waals surface area contributed by atoms with Crippen molar-refractivity contribution in [1.29, 1.82) is 0 Å². The molecule has 0 atom stereocenters. The summed E-state index contributed by atoms with van der Waals surface area (Å²) in [5, 5.41) is 14.0. The minimum Gasteiger partial charge on any atom is -0.491 e. The molecule has 0 aliphatic carbocycles. The van der Waals surface area contributed by atoms with Gasteiger partial charge in [-0.05, 0) is 55.8 Å². The molecule has 1 amide bonds. The van der Waals surface area contributed by atoms with E-state index in [-0.39, 0.29) is 17.7 Å². The zero-order chi connectivity index (χ0) is 19.1. The van der Waals surface area contributed by atoms with Crippen LogP contribution >= 0.6 is 0 Å². The minimum absolute atomic E-state index is 0.134. The van der Waals surface area contributed by atoms with E-state index in [0.717, 1.165) is 17.0 Å². The maximum absolute atomic E-state index is 12.2. The SMILES string of the molecule is CC(C)Oc1ccc(Nc2ccc(C(=O)NCc3ccccc3)nn2)cc1. The highest BCUT2D eigenvalue weighted by Gasteiger charge is 2.08. The summed E-state index contributed by atoms with van der Waals surface area (Å²) < 4.78 is 5.62. The number of nitrogens with zero attached hydrogens (tertiary/aromatic N) is 2. The molecule has 2 aromatic carbocycles. The van der Waals surface area contributed by atoms with E-state index in [1.165, 1.54) is 0 Å². The van der Waals surface area contributed by atoms with Crippen molar-refractivity contribution in [3.05, 3.63) is 78.0 Å². The molecule has 0 aliphatic heterocycles. The maximum atomic E-state index is 12.2. The highest BCUT2D eigenvalue weighted by atomic mass is 16.5. The summed E-state index contributed by atoms with van der Waals surface area (Å²) in [5.74, 6) is 1.12. The fourth-order valence-electron chi connectivity index (χ4n) is 2.43. The number of ether oxygens (including phenoxy) is 1. The monoisotopic (exact) mass is 362 g/mol. The van der Waals surface area contributed by atoms with Gasteiger partial charge in [-0.2, -0.15) is 0 Å². The van der Waals surface area contributed by atoms with Crippen molar-refractivity contribution in [2.45, 2.75) is 26.5 Å². The van der Waals surface area contributed by atoms with Crippen molar-refractivity contribution in [3.63, 3.8) is 0 Å². The molecule has 3 rings (SSSR count). The third-order valence-corrected chi connectivity index (χ3v) is 3.69. The number of hydrogen-bond acceptors (Lipinski definition) is 5. The first kappa shape index (κ1) is 18.4. The van der Waals surface area contributed by atoms with E-state index in [2.05, 4.69) is 20.8 Å². The Morgan fingerprint density at radius 2 is 1.70 bits per heavy atom. The third kappa shape index (κ3) is 5.54. The number of carbonyl (C=O) groups is 1. The van der Waals surface area contributed by atoms with E-state index >= 15 is 0 Å². The van der Waals surface area contributed by atoms with Crippen molar-refractivity contribution in [1.82, 2.24) is 15.5 Å². The normalized spacial score (nSPS) is 10.5. The van der Waals surface area contributed by atoms with Crippen molar-refractivity contribution in [3.8, 4) is 5.75 Å². The number of rotatable bonds is 7. The van der Waals surface area contributed by atoms with Gasteiger partial charge >= 0.3 is 0 Å². The molecule has 0 unspecified atom stereocenters. The van der Waals surface area contributed by atoms with Crippen LogP contribution in [0.1, 0.15) is 29.9 Å². The first-order chi connectivity index (χ1) is 13.1. The van der Waals surface area contributed by atoms with Crippen LogP contribution in [-0.4, -0.2) is 22.2 Å². The highest BCUT2D eigenvalue weighted by Crippen LogP contribution is 2.19. The molecule has 1 aromatic heterocycles. The summed E-state index contributed by atoms with van der Waals surface area (Å²) in [6, 6.07) is 20.7. The molecular formula is C21H22N4O2. The van der Waals surface area contributed by atoms with E-state index in [1.807, 2.05) is 68.4 Å². The van der Waals surface area contributed by atoms with Gasteiger partial charge in [0, 0.05) is 12.2 Å². The smallest absolute Gasteiger partial charge is 0.272 e. The molecule has 3 aromatic rings. The predicted molar refractivity (Wildman–Crippen MR) is 105 cm³/mol. The van der Waals surface area contributed by atoms with Crippen LogP contribution < -0.4 is 15.4 Å². The maximum Gasteiger partial charge on any atom is 0.272 e. The number of anilines is 2. The van der Waals surface area contributed by atoms with Gasteiger partial charge in [0.2, 0.25) is 0 Å². The standard InChI is InChI=1S/C21H22N4O2/c1-15(2)27-18-10-8-17(9-11-18)23-20-13-12-19(24-25-20)21(26)22-14-16-6-4-3-5-7-16/h3-13,15H,14H2,1-2H3,(H,22,26)(H,23,25). The summed E-state index contributed by atoms with van der Waals surface area (Å²) in [4.78, 5) is 12.2. The van der Waals surface area contributed by atoms with Crippen LogP contribution in [0.3, 0.4) is 0 Å². The van der Waals surface area contributed by atoms with Crippen LogP contribution in [0.5, 0.6) is 5.75 Å². The Bertz CT molecular complexity index is 863. The summed E-state index contributed by atoms with van der Waals surface area (Å²) in [7, 11) is 0. The molecule has 0 saturated heterocycles. The lowest BCUT2D eigenvalue weighted by Gasteiger charge is -2.11. The van der Waals surface area contributed by atoms with Crippen LogP contribution in [-0.2, 0) is 6.54 Å². The zero-order valence-corrected chi connectivity index (χ0v) is 15.3. The van der Waals surface area contributed by atoms with E-state index in [1.54, 1.807) is 12.1 Å². The van der Waals surface area contributed by atoms with Crippen molar-refractivity contribution in [2.24, 2.45) is 0 Å². The van der Waals surface area contributed by atoms with Gasteiger partial charge in [-0.1, -0.05) is 30.3 Å². The average molecular weight is 362 g/mol. The Hall–Kier alpha value is -3.41. The number of aromatic nitrogens is 2. The lowest BCUT2D eigenvalue weighted by molar-refractivity contribution is 0.0945.